The molecule has 7 nitrogen and oxygen atoms in total. The molecule has 1 heterocycles. The fourth-order valence-corrected chi connectivity index (χ4v) is 5.03. The Labute approximate surface area is 250 Å². The molecule has 0 aliphatic carbocycles. The highest BCUT2D eigenvalue weighted by Crippen LogP contribution is 2.40. The van der Waals surface area contributed by atoms with Crippen LogP contribution < -0.4 is 10.1 Å². The van der Waals surface area contributed by atoms with Gasteiger partial charge in [0, 0.05) is 15.7 Å². The third-order valence-electron chi connectivity index (χ3n) is 6.26. The zero-order valence-electron chi connectivity index (χ0n) is 21.7. The number of benzene rings is 3. The summed E-state index contributed by atoms with van der Waals surface area (Å²) in [4.78, 5) is 26.6. The SMILES string of the molecule is CCOC(=O)C1(c2ccc(OC(F)F)cc2)CN(CC(=O)Nc2ccc(Br)cc2)N=C1c1ccc(C(F)(F)F)c(Cl)c1. The number of nitrogens with zero attached hydrogens (tertiary/aromatic N) is 2. The Balaban J connectivity index is 1.79. The molecule has 0 radical (unpaired) electrons. The van der Waals surface area contributed by atoms with E-state index in [1.807, 2.05) is 0 Å². The summed E-state index contributed by atoms with van der Waals surface area (Å²) < 4.78 is 76.4. The highest BCUT2D eigenvalue weighted by atomic mass is 79.9. The lowest BCUT2D eigenvalue weighted by atomic mass is 9.74. The summed E-state index contributed by atoms with van der Waals surface area (Å²) in [5.74, 6) is -1.50. The van der Waals surface area contributed by atoms with Crippen LogP contribution in [0.1, 0.15) is 23.6 Å². The van der Waals surface area contributed by atoms with Crippen LogP contribution in [0.3, 0.4) is 0 Å². The van der Waals surface area contributed by atoms with Crippen LogP contribution in [0.5, 0.6) is 5.75 Å². The first-order chi connectivity index (χ1) is 19.8. The van der Waals surface area contributed by atoms with Crippen LogP contribution in [0.15, 0.2) is 76.3 Å². The van der Waals surface area contributed by atoms with Gasteiger partial charge in [0.1, 0.15) is 12.3 Å². The summed E-state index contributed by atoms with van der Waals surface area (Å²) in [6.45, 7) is -2.19. The van der Waals surface area contributed by atoms with Crippen LogP contribution in [0, 0.1) is 0 Å². The zero-order valence-corrected chi connectivity index (χ0v) is 24.1. The maximum absolute atomic E-state index is 13.7. The molecule has 0 spiro atoms. The van der Waals surface area contributed by atoms with E-state index >= 15 is 0 Å². The Morgan fingerprint density at radius 3 is 2.33 bits per heavy atom. The van der Waals surface area contributed by atoms with Gasteiger partial charge in [0.05, 0.1) is 29.4 Å². The van der Waals surface area contributed by atoms with E-state index in [1.165, 1.54) is 29.3 Å². The number of hydrogen-bond donors (Lipinski definition) is 1. The number of alkyl halides is 5. The van der Waals surface area contributed by atoms with E-state index < -0.39 is 40.7 Å². The van der Waals surface area contributed by atoms with Gasteiger partial charge in [-0.15, -0.1) is 0 Å². The van der Waals surface area contributed by atoms with Crippen molar-refractivity contribution >= 4 is 50.8 Å². The van der Waals surface area contributed by atoms with Crippen molar-refractivity contribution in [1.82, 2.24) is 5.01 Å². The maximum Gasteiger partial charge on any atom is 0.417 e. The topological polar surface area (TPSA) is 80.2 Å². The van der Waals surface area contributed by atoms with E-state index in [4.69, 9.17) is 16.3 Å². The number of esters is 1. The number of hydrazone groups is 1. The molecule has 222 valence electrons. The summed E-state index contributed by atoms with van der Waals surface area (Å²) >= 11 is 9.31. The van der Waals surface area contributed by atoms with Gasteiger partial charge in [0.2, 0.25) is 5.91 Å². The van der Waals surface area contributed by atoms with Gasteiger partial charge < -0.3 is 14.8 Å². The number of rotatable bonds is 9. The van der Waals surface area contributed by atoms with Crippen molar-refractivity contribution in [2.24, 2.45) is 5.10 Å². The van der Waals surface area contributed by atoms with E-state index in [0.717, 1.165) is 22.7 Å². The van der Waals surface area contributed by atoms with Gasteiger partial charge in [-0.25, -0.2) is 0 Å². The van der Waals surface area contributed by atoms with Crippen molar-refractivity contribution in [3.63, 3.8) is 0 Å². The summed E-state index contributed by atoms with van der Waals surface area (Å²) in [6, 6.07) is 14.8. The van der Waals surface area contributed by atoms with Crippen molar-refractivity contribution in [1.29, 1.82) is 0 Å². The molecule has 0 bridgehead atoms. The molecule has 3 aromatic carbocycles. The van der Waals surface area contributed by atoms with Gasteiger partial charge in [-0.2, -0.15) is 27.1 Å². The normalized spacial score (nSPS) is 16.8. The fraction of sp³-hybridized carbons (Fsp3) is 0.250. The maximum atomic E-state index is 13.7. The molecule has 1 atom stereocenters. The van der Waals surface area contributed by atoms with Crippen LogP contribution in [0.4, 0.5) is 27.6 Å². The summed E-state index contributed by atoms with van der Waals surface area (Å²) in [5.41, 5.74) is -2.14. The molecule has 42 heavy (non-hydrogen) atoms. The van der Waals surface area contributed by atoms with Crippen molar-refractivity contribution in [3.8, 4) is 5.75 Å². The van der Waals surface area contributed by atoms with Gasteiger partial charge in [0.15, 0.2) is 5.41 Å². The molecule has 1 unspecified atom stereocenters. The number of anilines is 1. The number of amides is 1. The summed E-state index contributed by atoms with van der Waals surface area (Å²) in [5, 5.41) is 7.83. The third kappa shape index (κ3) is 6.84. The minimum atomic E-state index is -4.73. The molecule has 14 heteroatoms. The minimum Gasteiger partial charge on any atom is -0.465 e. The van der Waals surface area contributed by atoms with Crippen LogP contribution in [0.25, 0.3) is 0 Å². The zero-order chi connectivity index (χ0) is 30.7. The van der Waals surface area contributed by atoms with Crippen LogP contribution in [-0.4, -0.2) is 48.9 Å². The van der Waals surface area contributed by atoms with E-state index in [-0.39, 0.29) is 42.3 Å². The molecule has 0 saturated carbocycles. The molecule has 1 aliphatic heterocycles. The Bertz CT molecular complexity index is 1490. The molecule has 1 aliphatic rings. The van der Waals surface area contributed by atoms with Gasteiger partial charge in [-0.3, -0.25) is 14.6 Å². The molecule has 0 aromatic heterocycles. The Kier molecular flexibility index (Phi) is 9.41. The van der Waals surface area contributed by atoms with Gasteiger partial charge in [-0.05, 0) is 61.0 Å². The van der Waals surface area contributed by atoms with Gasteiger partial charge in [-0.1, -0.05) is 45.7 Å². The van der Waals surface area contributed by atoms with Crippen molar-refractivity contribution in [2.45, 2.75) is 25.1 Å². The molecular formula is C28H22BrClF5N3O4. The molecule has 0 fully saturated rings. The second-order valence-corrected chi connectivity index (χ2v) is 10.4. The van der Waals surface area contributed by atoms with E-state index in [2.05, 4.69) is 31.1 Å². The van der Waals surface area contributed by atoms with Crippen LogP contribution in [0.2, 0.25) is 5.02 Å². The molecule has 3 aromatic rings. The van der Waals surface area contributed by atoms with Crippen LogP contribution >= 0.6 is 27.5 Å². The number of carbonyl (C=O) groups excluding carboxylic acids is 2. The molecule has 0 saturated heterocycles. The Hall–Kier alpha value is -3.71. The number of halogens is 7. The second-order valence-electron chi connectivity index (χ2n) is 9.05. The average molecular weight is 675 g/mol. The summed E-state index contributed by atoms with van der Waals surface area (Å²) in [6.07, 6.45) is -4.73. The Morgan fingerprint density at radius 1 is 1.10 bits per heavy atom. The molecule has 1 amide bonds. The number of ether oxygens (including phenoxy) is 2. The largest absolute Gasteiger partial charge is 0.465 e. The fourth-order valence-electron chi connectivity index (χ4n) is 4.48. The van der Waals surface area contributed by atoms with Crippen molar-refractivity contribution in [2.75, 3.05) is 25.0 Å². The molecule has 1 N–H and O–H groups in total. The number of hydrogen-bond acceptors (Lipinski definition) is 6. The predicted octanol–water partition coefficient (Wildman–Crippen LogP) is 6.88. The van der Waals surface area contributed by atoms with E-state index in [9.17, 15) is 31.5 Å². The monoisotopic (exact) mass is 673 g/mol. The first-order valence-corrected chi connectivity index (χ1v) is 13.5. The van der Waals surface area contributed by atoms with Gasteiger partial charge >= 0.3 is 18.8 Å². The quantitative estimate of drug-likeness (QED) is 0.198. The lowest BCUT2D eigenvalue weighted by Gasteiger charge is -2.29. The molecular weight excluding hydrogens is 653 g/mol. The molecule has 4 rings (SSSR count). The van der Waals surface area contributed by atoms with E-state index in [1.54, 1.807) is 31.2 Å². The highest BCUT2D eigenvalue weighted by Gasteiger charge is 2.53. The predicted molar refractivity (Wildman–Crippen MR) is 149 cm³/mol. The van der Waals surface area contributed by atoms with Gasteiger partial charge in [0.25, 0.3) is 0 Å². The van der Waals surface area contributed by atoms with E-state index in [0.29, 0.717) is 5.69 Å². The lowest BCUT2D eigenvalue weighted by Crippen LogP contribution is -2.48. The highest BCUT2D eigenvalue weighted by molar-refractivity contribution is 9.10. The standard InChI is InChI=1S/C28H22BrClF5N3O4/c1-2-41-25(40)27(17-4-10-20(11-5-17)42-26(31)32)15-38(14-23(39)36-19-8-6-18(29)7-9-19)37-24(27)16-3-12-21(22(30)13-16)28(33,34)35/h3-13,26H,2,14-15H2,1H3,(H,36,39). The van der Waals surface area contributed by atoms with Crippen LogP contribution in [-0.2, 0) is 25.9 Å². The smallest absolute Gasteiger partial charge is 0.417 e. The average Bonchev–Trinajstić information content (AvgIpc) is 3.29. The van der Waals surface area contributed by atoms with Crippen molar-refractivity contribution in [3.05, 3.63) is 92.9 Å². The number of nitrogens with one attached hydrogen (secondary N) is 1. The number of carbonyl (C=O) groups is 2. The van der Waals surface area contributed by atoms with Crippen molar-refractivity contribution < 1.29 is 41.0 Å². The second kappa shape index (κ2) is 12.7. The minimum absolute atomic E-state index is 0.0458. The lowest BCUT2D eigenvalue weighted by molar-refractivity contribution is -0.147. The summed E-state index contributed by atoms with van der Waals surface area (Å²) in [7, 11) is 0. The first-order valence-electron chi connectivity index (χ1n) is 12.3. The Morgan fingerprint density at radius 2 is 1.76 bits per heavy atom. The first kappa shape index (κ1) is 31.2. The third-order valence-corrected chi connectivity index (χ3v) is 7.10.